The van der Waals surface area contributed by atoms with E-state index < -0.39 is 0 Å². The third-order valence-electron chi connectivity index (χ3n) is 4.76. The Balaban J connectivity index is 1.50. The average Bonchev–Trinajstić information content (AvgIpc) is 3.00. The quantitative estimate of drug-likeness (QED) is 0.829. The van der Waals surface area contributed by atoms with Crippen molar-refractivity contribution < 1.29 is 13.9 Å². The number of furan rings is 1. The molecule has 4 heteroatoms. The average molecular weight is 341 g/mol. The molecule has 0 saturated heterocycles. The molecule has 1 aliphatic carbocycles. The number of rotatable bonds is 6. The molecular formula is C21H27NO3. The predicted octanol–water partition coefficient (Wildman–Crippen LogP) is 4.69. The van der Waals surface area contributed by atoms with Crippen LogP contribution in [0, 0.1) is 5.92 Å². The van der Waals surface area contributed by atoms with Gasteiger partial charge >= 0.3 is 0 Å². The second-order valence-electron chi connectivity index (χ2n) is 7.84. The number of ether oxygens (including phenoxy) is 1. The minimum atomic E-state index is -0.146. The Kier molecular flexibility index (Phi) is 5.16. The van der Waals surface area contributed by atoms with Gasteiger partial charge in [-0.25, -0.2) is 0 Å². The molecule has 1 saturated carbocycles. The highest BCUT2D eigenvalue weighted by Crippen LogP contribution is 2.26. The van der Waals surface area contributed by atoms with Crippen LogP contribution < -0.4 is 10.1 Å². The maximum absolute atomic E-state index is 12.1. The molecule has 25 heavy (non-hydrogen) atoms. The number of hydrogen-bond acceptors (Lipinski definition) is 3. The van der Waals surface area contributed by atoms with E-state index in [1.165, 1.54) is 24.8 Å². The van der Waals surface area contributed by atoms with E-state index in [1.807, 2.05) is 12.1 Å². The lowest BCUT2D eigenvalue weighted by molar-refractivity contribution is 0.0907. The number of amides is 1. The van der Waals surface area contributed by atoms with Crippen molar-refractivity contribution in [1.29, 1.82) is 0 Å². The molecule has 4 nitrogen and oxygen atoms in total. The molecule has 1 aliphatic rings. The zero-order valence-electron chi connectivity index (χ0n) is 15.3. The highest BCUT2D eigenvalue weighted by atomic mass is 16.5. The van der Waals surface area contributed by atoms with E-state index in [4.69, 9.17) is 9.15 Å². The Morgan fingerprint density at radius 2 is 1.88 bits per heavy atom. The van der Waals surface area contributed by atoms with Crippen LogP contribution in [0.5, 0.6) is 5.75 Å². The summed E-state index contributed by atoms with van der Waals surface area (Å²) in [5.74, 6) is 2.28. The molecule has 1 amide bonds. The summed E-state index contributed by atoms with van der Waals surface area (Å²) in [6.45, 7) is 7.60. The summed E-state index contributed by atoms with van der Waals surface area (Å²) in [4.78, 5) is 12.1. The molecule has 0 spiro atoms. The molecule has 0 radical (unpaired) electrons. The molecule has 1 N–H and O–H groups in total. The van der Waals surface area contributed by atoms with Crippen LogP contribution in [0.25, 0.3) is 0 Å². The number of carbonyl (C=O) groups excluding carboxylic acids is 1. The topological polar surface area (TPSA) is 51.5 Å². The minimum Gasteiger partial charge on any atom is -0.486 e. The maximum Gasteiger partial charge on any atom is 0.287 e. The van der Waals surface area contributed by atoms with Crippen molar-refractivity contribution in [2.24, 2.45) is 5.92 Å². The Bertz CT molecular complexity index is 705. The summed E-state index contributed by atoms with van der Waals surface area (Å²) in [5, 5.41) is 2.93. The summed E-state index contributed by atoms with van der Waals surface area (Å²) >= 11 is 0. The van der Waals surface area contributed by atoms with Crippen molar-refractivity contribution in [1.82, 2.24) is 5.32 Å². The summed E-state index contributed by atoms with van der Waals surface area (Å²) in [7, 11) is 0. The molecule has 2 aromatic rings. The van der Waals surface area contributed by atoms with Crippen molar-refractivity contribution in [2.45, 2.75) is 52.1 Å². The Hall–Kier alpha value is -2.23. The van der Waals surface area contributed by atoms with Gasteiger partial charge in [0.2, 0.25) is 0 Å². The standard InChI is InChI=1S/C21H27NO3/c1-21(2,3)16-7-9-17(10-8-16)24-14-18-11-12-19(25-18)20(23)22-13-15-5-4-6-15/h7-12,15H,4-6,13-14H2,1-3H3,(H,22,23). The number of carbonyl (C=O) groups is 1. The maximum atomic E-state index is 12.1. The smallest absolute Gasteiger partial charge is 0.287 e. The van der Waals surface area contributed by atoms with E-state index in [0.29, 0.717) is 24.0 Å². The zero-order chi connectivity index (χ0) is 17.9. The van der Waals surface area contributed by atoms with Crippen LogP contribution in [0.4, 0.5) is 0 Å². The first kappa shape index (κ1) is 17.6. The van der Waals surface area contributed by atoms with E-state index in [-0.39, 0.29) is 11.3 Å². The van der Waals surface area contributed by atoms with E-state index in [9.17, 15) is 4.79 Å². The van der Waals surface area contributed by atoms with E-state index in [1.54, 1.807) is 12.1 Å². The summed E-state index contributed by atoms with van der Waals surface area (Å²) in [5.41, 5.74) is 1.39. The third kappa shape index (κ3) is 4.65. The molecule has 1 heterocycles. The molecule has 1 aromatic heterocycles. The van der Waals surface area contributed by atoms with Crippen molar-refractivity contribution in [3.8, 4) is 5.75 Å². The molecule has 0 atom stereocenters. The molecule has 0 unspecified atom stereocenters. The van der Waals surface area contributed by atoms with E-state index >= 15 is 0 Å². The Labute approximate surface area is 149 Å². The zero-order valence-corrected chi connectivity index (χ0v) is 15.3. The lowest BCUT2D eigenvalue weighted by atomic mass is 9.85. The third-order valence-corrected chi connectivity index (χ3v) is 4.76. The summed E-state index contributed by atoms with van der Waals surface area (Å²) in [6.07, 6.45) is 3.70. The summed E-state index contributed by atoms with van der Waals surface area (Å²) < 4.78 is 11.3. The minimum absolute atomic E-state index is 0.126. The Morgan fingerprint density at radius 3 is 2.48 bits per heavy atom. The molecular weight excluding hydrogens is 314 g/mol. The van der Waals surface area contributed by atoms with Crippen LogP contribution in [0.2, 0.25) is 0 Å². The largest absolute Gasteiger partial charge is 0.486 e. The number of nitrogens with one attached hydrogen (secondary N) is 1. The first-order valence-electron chi connectivity index (χ1n) is 9.02. The van der Waals surface area contributed by atoms with Crippen molar-refractivity contribution >= 4 is 5.91 Å². The molecule has 0 bridgehead atoms. The van der Waals surface area contributed by atoms with Gasteiger partial charge in [0.1, 0.15) is 18.1 Å². The molecule has 1 aromatic carbocycles. The van der Waals surface area contributed by atoms with Crippen LogP contribution in [-0.2, 0) is 12.0 Å². The van der Waals surface area contributed by atoms with Gasteiger partial charge in [0.05, 0.1) is 0 Å². The van der Waals surface area contributed by atoms with Gasteiger partial charge in [-0.1, -0.05) is 39.3 Å². The molecule has 3 rings (SSSR count). The van der Waals surface area contributed by atoms with Crippen molar-refractivity contribution in [3.63, 3.8) is 0 Å². The normalized spacial score (nSPS) is 14.8. The van der Waals surface area contributed by atoms with E-state index in [0.717, 1.165) is 12.3 Å². The SMILES string of the molecule is CC(C)(C)c1ccc(OCc2ccc(C(=O)NCC3CCC3)o2)cc1. The van der Waals surface area contributed by atoms with Crippen LogP contribution >= 0.6 is 0 Å². The van der Waals surface area contributed by atoms with Crippen LogP contribution in [0.1, 0.15) is 61.9 Å². The molecule has 0 aliphatic heterocycles. The van der Waals surface area contributed by atoms with Gasteiger partial charge < -0.3 is 14.5 Å². The van der Waals surface area contributed by atoms with Crippen LogP contribution in [0.3, 0.4) is 0 Å². The van der Waals surface area contributed by atoms with Gasteiger partial charge in [0, 0.05) is 6.54 Å². The lowest BCUT2D eigenvalue weighted by Crippen LogP contribution is -2.31. The fraction of sp³-hybridized carbons (Fsp3) is 0.476. The number of benzene rings is 1. The van der Waals surface area contributed by atoms with Gasteiger partial charge in [0.25, 0.3) is 5.91 Å². The number of hydrogen-bond donors (Lipinski definition) is 1. The van der Waals surface area contributed by atoms with Gasteiger partial charge in [-0.3, -0.25) is 4.79 Å². The highest BCUT2D eigenvalue weighted by Gasteiger charge is 2.19. The fourth-order valence-electron chi connectivity index (χ4n) is 2.80. The van der Waals surface area contributed by atoms with Gasteiger partial charge in [-0.15, -0.1) is 0 Å². The second kappa shape index (κ2) is 7.34. The van der Waals surface area contributed by atoms with Gasteiger partial charge in [0.15, 0.2) is 5.76 Å². The molecule has 1 fully saturated rings. The monoisotopic (exact) mass is 341 g/mol. The van der Waals surface area contributed by atoms with Gasteiger partial charge in [-0.2, -0.15) is 0 Å². The van der Waals surface area contributed by atoms with Crippen LogP contribution in [-0.4, -0.2) is 12.5 Å². The fourth-order valence-corrected chi connectivity index (χ4v) is 2.80. The summed E-state index contributed by atoms with van der Waals surface area (Å²) in [6, 6.07) is 11.6. The van der Waals surface area contributed by atoms with E-state index in [2.05, 4.69) is 38.2 Å². The first-order chi connectivity index (χ1) is 11.9. The van der Waals surface area contributed by atoms with Crippen molar-refractivity contribution in [2.75, 3.05) is 6.54 Å². The van der Waals surface area contributed by atoms with Crippen molar-refractivity contribution in [3.05, 3.63) is 53.5 Å². The Morgan fingerprint density at radius 1 is 1.16 bits per heavy atom. The second-order valence-corrected chi connectivity index (χ2v) is 7.84. The lowest BCUT2D eigenvalue weighted by Gasteiger charge is -2.25. The van der Waals surface area contributed by atoms with Crippen LogP contribution in [0.15, 0.2) is 40.8 Å². The first-order valence-corrected chi connectivity index (χ1v) is 9.02. The highest BCUT2D eigenvalue weighted by molar-refractivity contribution is 5.91. The van der Waals surface area contributed by atoms with Gasteiger partial charge in [-0.05, 0) is 54.0 Å². The molecule has 134 valence electrons. The predicted molar refractivity (Wildman–Crippen MR) is 97.9 cm³/mol.